The van der Waals surface area contributed by atoms with E-state index in [4.69, 9.17) is 16.7 Å². The van der Waals surface area contributed by atoms with E-state index in [2.05, 4.69) is 5.32 Å². The number of aliphatic hydroxyl groups is 1. The Bertz CT molecular complexity index is 442. The average Bonchev–Trinajstić information content (AvgIpc) is 2.45. The highest BCUT2D eigenvalue weighted by Gasteiger charge is 2.40. The first-order valence-corrected chi connectivity index (χ1v) is 7.22. The van der Waals surface area contributed by atoms with Crippen LogP contribution in [0.2, 0.25) is 5.02 Å². The molecule has 0 radical (unpaired) electrons. The number of halogens is 1. The van der Waals surface area contributed by atoms with Gasteiger partial charge in [-0.05, 0) is 30.5 Å². The first kappa shape index (κ1) is 14.4. The Balaban J connectivity index is 2.31. The SMILES string of the molecule is O=C(NCCO)C1(c2cccc(Cl)c2)CCCCC1. The van der Waals surface area contributed by atoms with Crippen molar-refractivity contribution in [3.63, 3.8) is 0 Å². The van der Waals surface area contributed by atoms with Crippen LogP contribution in [-0.4, -0.2) is 24.2 Å². The normalized spacial score (nSPS) is 18.0. The highest BCUT2D eigenvalue weighted by Crippen LogP contribution is 2.40. The van der Waals surface area contributed by atoms with Crippen LogP contribution in [0.1, 0.15) is 37.7 Å². The number of aliphatic hydroxyl groups excluding tert-OH is 1. The lowest BCUT2D eigenvalue weighted by Crippen LogP contribution is -2.46. The van der Waals surface area contributed by atoms with Gasteiger partial charge in [-0.2, -0.15) is 0 Å². The average molecular weight is 282 g/mol. The first-order valence-electron chi connectivity index (χ1n) is 6.84. The molecule has 0 heterocycles. The van der Waals surface area contributed by atoms with Gasteiger partial charge in [-0.3, -0.25) is 4.79 Å². The molecule has 1 aromatic rings. The Morgan fingerprint density at radius 2 is 2.05 bits per heavy atom. The van der Waals surface area contributed by atoms with Gasteiger partial charge < -0.3 is 10.4 Å². The van der Waals surface area contributed by atoms with Crippen LogP contribution in [0.4, 0.5) is 0 Å². The van der Waals surface area contributed by atoms with Crippen molar-refractivity contribution in [2.75, 3.05) is 13.2 Å². The van der Waals surface area contributed by atoms with Crippen molar-refractivity contribution in [3.05, 3.63) is 34.9 Å². The molecule has 0 saturated heterocycles. The molecule has 1 fully saturated rings. The molecule has 0 spiro atoms. The number of rotatable bonds is 4. The van der Waals surface area contributed by atoms with Crippen molar-refractivity contribution >= 4 is 17.5 Å². The van der Waals surface area contributed by atoms with E-state index in [1.807, 2.05) is 24.3 Å². The Hall–Kier alpha value is -1.06. The van der Waals surface area contributed by atoms with E-state index in [-0.39, 0.29) is 12.5 Å². The molecule has 0 unspecified atom stereocenters. The number of benzene rings is 1. The maximum absolute atomic E-state index is 12.5. The summed E-state index contributed by atoms with van der Waals surface area (Å²) in [5.74, 6) is 0.0171. The summed E-state index contributed by atoms with van der Waals surface area (Å²) in [5, 5.41) is 12.4. The molecule has 2 N–H and O–H groups in total. The van der Waals surface area contributed by atoms with Gasteiger partial charge in [0.1, 0.15) is 0 Å². The first-order chi connectivity index (χ1) is 9.19. The molecule has 1 amide bonds. The lowest BCUT2D eigenvalue weighted by Gasteiger charge is -2.36. The minimum absolute atomic E-state index is 0.0171. The van der Waals surface area contributed by atoms with Gasteiger partial charge in [-0.15, -0.1) is 0 Å². The van der Waals surface area contributed by atoms with Crippen molar-refractivity contribution in [1.29, 1.82) is 0 Å². The van der Waals surface area contributed by atoms with Crippen LogP contribution in [0.25, 0.3) is 0 Å². The fraction of sp³-hybridized carbons (Fsp3) is 0.533. The summed E-state index contributed by atoms with van der Waals surface area (Å²) < 4.78 is 0. The van der Waals surface area contributed by atoms with E-state index in [1.54, 1.807) is 0 Å². The Labute approximate surface area is 119 Å². The molecular weight excluding hydrogens is 262 g/mol. The van der Waals surface area contributed by atoms with Crippen LogP contribution in [0.5, 0.6) is 0 Å². The number of hydrogen-bond acceptors (Lipinski definition) is 2. The van der Waals surface area contributed by atoms with E-state index >= 15 is 0 Å². The lowest BCUT2D eigenvalue weighted by molar-refractivity contribution is -0.128. The summed E-state index contributed by atoms with van der Waals surface area (Å²) in [6, 6.07) is 7.60. The van der Waals surface area contributed by atoms with Gasteiger partial charge in [-0.1, -0.05) is 43.0 Å². The second-order valence-electron chi connectivity index (χ2n) is 5.13. The third-order valence-electron chi connectivity index (χ3n) is 3.92. The quantitative estimate of drug-likeness (QED) is 0.891. The van der Waals surface area contributed by atoms with Gasteiger partial charge in [-0.25, -0.2) is 0 Å². The molecule has 104 valence electrons. The summed E-state index contributed by atoms with van der Waals surface area (Å²) in [5.41, 5.74) is 0.522. The smallest absolute Gasteiger partial charge is 0.230 e. The van der Waals surface area contributed by atoms with Crippen molar-refractivity contribution in [1.82, 2.24) is 5.32 Å². The zero-order valence-electron chi connectivity index (χ0n) is 11.0. The van der Waals surface area contributed by atoms with Crippen LogP contribution in [0, 0.1) is 0 Å². The molecule has 0 aromatic heterocycles. The minimum Gasteiger partial charge on any atom is -0.395 e. The predicted octanol–water partition coefficient (Wildman–Crippen LogP) is 2.65. The van der Waals surface area contributed by atoms with Crippen LogP contribution in [-0.2, 0) is 10.2 Å². The summed E-state index contributed by atoms with van der Waals surface area (Å²) in [6.45, 7) is 0.276. The van der Waals surface area contributed by atoms with Gasteiger partial charge in [0.25, 0.3) is 0 Å². The third kappa shape index (κ3) is 3.10. The summed E-state index contributed by atoms with van der Waals surface area (Å²) in [4.78, 5) is 12.5. The third-order valence-corrected chi connectivity index (χ3v) is 4.15. The Morgan fingerprint density at radius 3 is 2.68 bits per heavy atom. The van der Waals surface area contributed by atoms with Gasteiger partial charge in [0, 0.05) is 11.6 Å². The van der Waals surface area contributed by atoms with Gasteiger partial charge >= 0.3 is 0 Å². The van der Waals surface area contributed by atoms with Crippen LogP contribution >= 0.6 is 11.6 Å². The van der Waals surface area contributed by atoms with Crippen LogP contribution in [0.3, 0.4) is 0 Å². The van der Waals surface area contributed by atoms with E-state index in [1.165, 1.54) is 6.42 Å². The topological polar surface area (TPSA) is 49.3 Å². The number of amides is 1. The molecule has 2 rings (SSSR count). The highest BCUT2D eigenvalue weighted by molar-refractivity contribution is 6.30. The summed E-state index contributed by atoms with van der Waals surface area (Å²) >= 11 is 6.06. The predicted molar refractivity (Wildman–Crippen MR) is 76.3 cm³/mol. The largest absolute Gasteiger partial charge is 0.395 e. The molecule has 1 aliphatic rings. The van der Waals surface area contributed by atoms with Crippen molar-refractivity contribution in [2.45, 2.75) is 37.5 Å². The summed E-state index contributed by atoms with van der Waals surface area (Å²) in [6.07, 6.45) is 4.99. The molecule has 0 atom stereocenters. The molecule has 3 nitrogen and oxygen atoms in total. The summed E-state index contributed by atoms with van der Waals surface area (Å²) in [7, 11) is 0. The van der Waals surface area contributed by atoms with E-state index in [0.717, 1.165) is 31.2 Å². The standard InChI is InChI=1S/C15H20ClNO2/c16-13-6-4-5-12(11-13)15(7-2-1-3-8-15)14(19)17-9-10-18/h4-6,11,18H,1-3,7-10H2,(H,17,19). The zero-order chi connectivity index (χ0) is 13.7. The van der Waals surface area contributed by atoms with Gasteiger partial charge in [0.2, 0.25) is 5.91 Å². The van der Waals surface area contributed by atoms with Crippen molar-refractivity contribution in [3.8, 4) is 0 Å². The highest BCUT2D eigenvalue weighted by atomic mass is 35.5. The molecule has 4 heteroatoms. The van der Waals surface area contributed by atoms with Crippen molar-refractivity contribution < 1.29 is 9.90 Å². The van der Waals surface area contributed by atoms with Crippen LogP contribution in [0.15, 0.2) is 24.3 Å². The molecule has 0 bridgehead atoms. The van der Waals surface area contributed by atoms with E-state index in [9.17, 15) is 4.79 Å². The maximum atomic E-state index is 12.5. The van der Waals surface area contributed by atoms with E-state index < -0.39 is 5.41 Å². The Kier molecular flexibility index (Phi) is 4.83. The molecule has 1 aromatic carbocycles. The number of hydrogen-bond donors (Lipinski definition) is 2. The number of carbonyl (C=O) groups excluding carboxylic acids is 1. The minimum atomic E-state index is -0.474. The molecule has 19 heavy (non-hydrogen) atoms. The second kappa shape index (κ2) is 6.40. The Morgan fingerprint density at radius 1 is 1.32 bits per heavy atom. The molecular formula is C15H20ClNO2. The molecule has 1 saturated carbocycles. The second-order valence-corrected chi connectivity index (χ2v) is 5.57. The number of nitrogens with one attached hydrogen (secondary N) is 1. The van der Waals surface area contributed by atoms with E-state index in [0.29, 0.717) is 11.6 Å². The monoisotopic (exact) mass is 281 g/mol. The maximum Gasteiger partial charge on any atom is 0.230 e. The fourth-order valence-electron chi connectivity index (χ4n) is 2.93. The van der Waals surface area contributed by atoms with Gasteiger partial charge in [0.05, 0.1) is 12.0 Å². The molecule has 1 aliphatic carbocycles. The van der Waals surface area contributed by atoms with Gasteiger partial charge in [0.15, 0.2) is 0 Å². The lowest BCUT2D eigenvalue weighted by atomic mass is 9.68. The molecule has 0 aliphatic heterocycles. The fourth-order valence-corrected chi connectivity index (χ4v) is 3.12. The zero-order valence-corrected chi connectivity index (χ0v) is 11.7. The van der Waals surface area contributed by atoms with Crippen molar-refractivity contribution in [2.24, 2.45) is 0 Å². The number of carbonyl (C=O) groups is 1. The van der Waals surface area contributed by atoms with Crippen LogP contribution < -0.4 is 5.32 Å².